The van der Waals surface area contributed by atoms with Gasteiger partial charge in [-0.05, 0) is 68.2 Å². The van der Waals surface area contributed by atoms with Gasteiger partial charge in [-0.2, -0.15) is 0 Å². The van der Waals surface area contributed by atoms with Crippen molar-refractivity contribution in [3.63, 3.8) is 0 Å². The van der Waals surface area contributed by atoms with E-state index in [4.69, 9.17) is 14.1 Å². The summed E-state index contributed by atoms with van der Waals surface area (Å²) in [7, 11) is 0. The SMILES string of the molecule is CCO[C@H]1[C@H](NC(=O)c2ccco2)c2ccccc2C12CCN(Cc1nc3ccccc3s1)CC2. The second-order valence-electron chi connectivity index (χ2n) is 9.40. The van der Waals surface area contributed by atoms with Gasteiger partial charge < -0.3 is 14.5 Å². The van der Waals surface area contributed by atoms with Crippen LogP contribution in [-0.4, -0.2) is 41.6 Å². The van der Waals surface area contributed by atoms with Crippen molar-refractivity contribution < 1.29 is 13.9 Å². The first-order valence-electron chi connectivity index (χ1n) is 12.3. The molecule has 1 fully saturated rings. The molecule has 6 rings (SSSR count). The van der Waals surface area contributed by atoms with Crippen molar-refractivity contribution in [1.29, 1.82) is 0 Å². The molecule has 2 aromatic carbocycles. The Morgan fingerprint density at radius 1 is 1.14 bits per heavy atom. The Bertz CT molecular complexity index is 1290. The Balaban J connectivity index is 1.25. The van der Waals surface area contributed by atoms with E-state index in [1.807, 2.05) is 13.0 Å². The summed E-state index contributed by atoms with van der Waals surface area (Å²) < 4.78 is 13.0. The van der Waals surface area contributed by atoms with Crippen LogP contribution < -0.4 is 5.32 Å². The highest BCUT2D eigenvalue weighted by Gasteiger charge is 2.54. The predicted octanol–water partition coefficient (Wildman–Crippen LogP) is 5.31. The minimum Gasteiger partial charge on any atom is -0.459 e. The van der Waals surface area contributed by atoms with Gasteiger partial charge in [0.05, 0.1) is 35.2 Å². The fourth-order valence-corrected chi connectivity index (χ4v) is 6.92. The number of ether oxygens (including phenoxy) is 1. The molecule has 6 nitrogen and oxygen atoms in total. The molecule has 1 spiro atoms. The number of rotatable bonds is 6. The van der Waals surface area contributed by atoms with Gasteiger partial charge in [0.2, 0.25) is 0 Å². The Hall–Kier alpha value is -3.00. The number of hydrogen-bond acceptors (Lipinski definition) is 6. The lowest BCUT2D eigenvalue weighted by molar-refractivity contribution is -0.0336. The minimum atomic E-state index is -0.209. The summed E-state index contributed by atoms with van der Waals surface area (Å²) in [4.78, 5) is 20.3. The van der Waals surface area contributed by atoms with E-state index in [0.717, 1.165) is 43.6 Å². The summed E-state index contributed by atoms with van der Waals surface area (Å²) in [5.41, 5.74) is 3.42. The highest BCUT2D eigenvalue weighted by molar-refractivity contribution is 7.18. The van der Waals surface area contributed by atoms with Crippen molar-refractivity contribution in [2.24, 2.45) is 0 Å². The molecule has 1 aliphatic carbocycles. The second-order valence-corrected chi connectivity index (χ2v) is 10.5. The summed E-state index contributed by atoms with van der Waals surface area (Å²) in [6.07, 6.45) is 3.37. The van der Waals surface area contributed by atoms with Crippen LogP contribution in [-0.2, 0) is 16.7 Å². The van der Waals surface area contributed by atoms with Crippen molar-refractivity contribution in [3.05, 3.63) is 88.8 Å². The zero-order valence-corrected chi connectivity index (χ0v) is 20.6. The summed E-state index contributed by atoms with van der Waals surface area (Å²) in [5.74, 6) is 0.120. The predicted molar refractivity (Wildman–Crippen MR) is 137 cm³/mol. The van der Waals surface area contributed by atoms with Gasteiger partial charge in [0.15, 0.2) is 5.76 Å². The molecule has 3 heterocycles. The first-order valence-corrected chi connectivity index (χ1v) is 13.1. The van der Waals surface area contributed by atoms with Gasteiger partial charge >= 0.3 is 0 Å². The standard InChI is InChI=1S/C28H29N3O3S/c1-2-33-26-25(30-27(32)22-11-7-17-34-22)19-8-3-4-9-20(19)28(26)13-15-31(16-14-28)18-24-29-21-10-5-6-12-23(21)35-24/h3-12,17,25-26H,2,13-16,18H2,1H3,(H,30,32)/t25-,26+/m1/s1. The summed E-state index contributed by atoms with van der Waals surface area (Å²) in [6.45, 7) is 5.43. The molecule has 1 amide bonds. The van der Waals surface area contributed by atoms with Gasteiger partial charge in [-0.1, -0.05) is 36.4 Å². The maximum Gasteiger partial charge on any atom is 0.287 e. The molecule has 0 radical (unpaired) electrons. The quantitative estimate of drug-likeness (QED) is 0.399. The average molecular weight is 488 g/mol. The van der Waals surface area contributed by atoms with E-state index in [2.05, 4.69) is 52.7 Å². The van der Waals surface area contributed by atoms with Crippen molar-refractivity contribution in [2.45, 2.75) is 43.9 Å². The third-order valence-electron chi connectivity index (χ3n) is 7.50. The lowest BCUT2D eigenvalue weighted by atomic mass is 9.72. The van der Waals surface area contributed by atoms with Crippen LogP contribution in [0.1, 0.15) is 52.5 Å². The normalized spacial score (nSPS) is 21.4. The number of fused-ring (bicyclic) bond motifs is 3. The van der Waals surface area contributed by atoms with Crippen LogP contribution in [0.4, 0.5) is 0 Å². The monoisotopic (exact) mass is 487 g/mol. The van der Waals surface area contributed by atoms with Crippen LogP contribution in [0.2, 0.25) is 0 Å². The molecule has 0 unspecified atom stereocenters. The number of amides is 1. The molecule has 0 saturated carbocycles. The molecule has 1 aliphatic heterocycles. The topological polar surface area (TPSA) is 67.6 Å². The molecule has 1 saturated heterocycles. The van der Waals surface area contributed by atoms with Gasteiger partial charge in [0.1, 0.15) is 5.01 Å². The van der Waals surface area contributed by atoms with Crippen molar-refractivity contribution in [2.75, 3.05) is 19.7 Å². The van der Waals surface area contributed by atoms with Crippen LogP contribution in [0.15, 0.2) is 71.3 Å². The number of thiazole rings is 1. The van der Waals surface area contributed by atoms with Gasteiger partial charge in [-0.3, -0.25) is 9.69 Å². The summed E-state index contributed by atoms with van der Waals surface area (Å²) >= 11 is 1.78. The number of furan rings is 1. The Labute approximate surface area is 208 Å². The molecular weight excluding hydrogens is 458 g/mol. The molecule has 2 atom stereocenters. The fraction of sp³-hybridized carbons (Fsp3) is 0.357. The van der Waals surface area contributed by atoms with Gasteiger partial charge in [0, 0.05) is 12.0 Å². The molecular formula is C28H29N3O3S. The first-order chi connectivity index (χ1) is 17.2. The van der Waals surface area contributed by atoms with Gasteiger partial charge in [-0.15, -0.1) is 11.3 Å². The van der Waals surface area contributed by atoms with Gasteiger partial charge in [0.25, 0.3) is 5.91 Å². The fourth-order valence-electron chi connectivity index (χ4n) is 5.91. The lowest BCUT2D eigenvalue weighted by Crippen LogP contribution is -2.50. The zero-order valence-electron chi connectivity index (χ0n) is 19.8. The summed E-state index contributed by atoms with van der Waals surface area (Å²) in [6, 6.07) is 20.1. The van der Waals surface area contributed by atoms with E-state index in [9.17, 15) is 4.79 Å². The number of benzene rings is 2. The smallest absolute Gasteiger partial charge is 0.287 e. The second kappa shape index (κ2) is 9.22. The number of nitrogens with zero attached hydrogens (tertiary/aromatic N) is 2. The molecule has 180 valence electrons. The molecule has 2 aliphatic rings. The van der Waals surface area contributed by atoms with E-state index in [1.165, 1.54) is 21.5 Å². The number of carbonyl (C=O) groups excluding carboxylic acids is 1. The largest absolute Gasteiger partial charge is 0.459 e. The maximum atomic E-state index is 12.9. The maximum absolute atomic E-state index is 12.9. The molecule has 7 heteroatoms. The number of nitrogens with one attached hydrogen (secondary N) is 1. The van der Waals surface area contributed by atoms with Crippen LogP contribution in [0.25, 0.3) is 10.2 Å². The number of piperidine rings is 1. The zero-order chi connectivity index (χ0) is 23.8. The molecule has 0 bridgehead atoms. The molecule has 4 aromatic rings. The van der Waals surface area contributed by atoms with E-state index < -0.39 is 0 Å². The molecule has 35 heavy (non-hydrogen) atoms. The number of para-hydroxylation sites is 1. The third kappa shape index (κ3) is 3.97. The van der Waals surface area contributed by atoms with E-state index >= 15 is 0 Å². The van der Waals surface area contributed by atoms with Crippen molar-refractivity contribution >= 4 is 27.5 Å². The Kier molecular flexibility index (Phi) is 5.92. The van der Waals surface area contributed by atoms with Crippen LogP contribution in [0, 0.1) is 0 Å². The lowest BCUT2D eigenvalue weighted by Gasteiger charge is -2.44. The van der Waals surface area contributed by atoms with Crippen LogP contribution in [0.5, 0.6) is 0 Å². The van der Waals surface area contributed by atoms with Crippen LogP contribution in [0.3, 0.4) is 0 Å². The summed E-state index contributed by atoms with van der Waals surface area (Å²) in [5, 5.41) is 4.40. The van der Waals surface area contributed by atoms with E-state index in [-0.39, 0.29) is 23.5 Å². The van der Waals surface area contributed by atoms with Crippen molar-refractivity contribution in [1.82, 2.24) is 15.2 Å². The van der Waals surface area contributed by atoms with Crippen molar-refractivity contribution in [3.8, 4) is 0 Å². The Morgan fingerprint density at radius 2 is 1.94 bits per heavy atom. The van der Waals surface area contributed by atoms with E-state index in [1.54, 1.807) is 23.5 Å². The van der Waals surface area contributed by atoms with Gasteiger partial charge in [-0.25, -0.2) is 4.98 Å². The highest BCUT2D eigenvalue weighted by atomic mass is 32.1. The number of likely N-dealkylation sites (tertiary alicyclic amines) is 1. The third-order valence-corrected chi connectivity index (χ3v) is 8.52. The van der Waals surface area contributed by atoms with E-state index in [0.29, 0.717) is 12.4 Å². The van der Waals surface area contributed by atoms with Crippen LogP contribution >= 0.6 is 11.3 Å². The highest BCUT2D eigenvalue weighted by Crippen LogP contribution is 2.52. The Morgan fingerprint density at radius 3 is 2.71 bits per heavy atom. The minimum absolute atomic E-state index is 0.117. The number of aromatic nitrogens is 1. The molecule has 2 aromatic heterocycles. The first kappa shape index (κ1) is 22.5. The number of carbonyl (C=O) groups is 1. The molecule has 1 N–H and O–H groups in total. The average Bonchev–Trinajstić information content (AvgIpc) is 3.61. The number of hydrogen-bond donors (Lipinski definition) is 1.